The SMILES string of the molecule is CCNC(=NCCCN(C)CC(F)(F)F)NC1CCC(SC)C1.I. The highest BCUT2D eigenvalue weighted by molar-refractivity contribution is 14.0. The average molecular weight is 482 g/mol. The van der Waals surface area contributed by atoms with Crippen LogP contribution in [0.2, 0.25) is 0 Å². The molecule has 0 aromatic heterocycles. The van der Waals surface area contributed by atoms with E-state index in [0.717, 1.165) is 25.3 Å². The first-order chi connectivity index (χ1) is 10.8. The van der Waals surface area contributed by atoms with Crippen molar-refractivity contribution in [2.24, 2.45) is 4.99 Å². The molecule has 2 atom stereocenters. The Morgan fingerprint density at radius 2 is 2.04 bits per heavy atom. The summed E-state index contributed by atoms with van der Waals surface area (Å²) < 4.78 is 36.7. The van der Waals surface area contributed by atoms with Crippen molar-refractivity contribution in [3.8, 4) is 0 Å². The summed E-state index contributed by atoms with van der Waals surface area (Å²) in [5.41, 5.74) is 0. The first-order valence-corrected chi connectivity index (χ1v) is 9.45. The summed E-state index contributed by atoms with van der Waals surface area (Å²) in [6.45, 7) is 2.83. The van der Waals surface area contributed by atoms with Crippen LogP contribution in [0.3, 0.4) is 0 Å². The molecule has 0 bridgehead atoms. The summed E-state index contributed by atoms with van der Waals surface area (Å²) in [4.78, 5) is 5.76. The Labute approximate surface area is 164 Å². The van der Waals surface area contributed by atoms with Crippen LogP contribution >= 0.6 is 35.7 Å². The van der Waals surface area contributed by atoms with Crippen molar-refractivity contribution in [1.29, 1.82) is 0 Å². The van der Waals surface area contributed by atoms with Crippen molar-refractivity contribution in [2.75, 3.05) is 39.5 Å². The van der Waals surface area contributed by atoms with Gasteiger partial charge in [0.1, 0.15) is 0 Å². The number of aliphatic imine (C=N–C) groups is 1. The van der Waals surface area contributed by atoms with Gasteiger partial charge in [-0.25, -0.2) is 0 Å². The molecule has 0 radical (unpaired) electrons. The summed E-state index contributed by atoms with van der Waals surface area (Å²) in [7, 11) is 1.49. The van der Waals surface area contributed by atoms with E-state index in [-0.39, 0.29) is 24.0 Å². The highest BCUT2D eigenvalue weighted by atomic mass is 127. The molecule has 1 saturated carbocycles. The van der Waals surface area contributed by atoms with Gasteiger partial charge in [-0.15, -0.1) is 24.0 Å². The number of nitrogens with one attached hydrogen (secondary N) is 2. The maximum absolute atomic E-state index is 12.2. The van der Waals surface area contributed by atoms with Crippen LogP contribution in [0, 0.1) is 0 Å². The molecule has 2 N–H and O–H groups in total. The first kappa shape index (κ1) is 24.1. The summed E-state index contributed by atoms with van der Waals surface area (Å²) >= 11 is 1.91. The molecule has 0 saturated heterocycles. The molecule has 0 amide bonds. The predicted octanol–water partition coefficient (Wildman–Crippen LogP) is 3.33. The summed E-state index contributed by atoms with van der Waals surface area (Å²) in [5, 5.41) is 7.36. The molecule has 0 spiro atoms. The molecule has 2 unspecified atom stereocenters. The fourth-order valence-electron chi connectivity index (χ4n) is 2.72. The molecule has 144 valence electrons. The third kappa shape index (κ3) is 10.9. The number of thioether (sulfide) groups is 1. The topological polar surface area (TPSA) is 39.7 Å². The van der Waals surface area contributed by atoms with Crippen molar-refractivity contribution >= 4 is 41.7 Å². The second kappa shape index (κ2) is 12.5. The molecular formula is C15H30F3IN4S. The zero-order valence-electron chi connectivity index (χ0n) is 14.7. The third-order valence-electron chi connectivity index (χ3n) is 3.82. The Morgan fingerprint density at radius 1 is 1.33 bits per heavy atom. The van der Waals surface area contributed by atoms with E-state index in [4.69, 9.17) is 0 Å². The van der Waals surface area contributed by atoms with Crippen LogP contribution in [0.5, 0.6) is 0 Å². The van der Waals surface area contributed by atoms with Crippen molar-refractivity contribution in [3.05, 3.63) is 0 Å². The maximum Gasteiger partial charge on any atom is 0.401 e. The molecule has 0 aromatic carbocycles. The quantitative estimate of drug-likeness (QED) is 0.241. The minimum Gasteiger partial charge on any atom is -0.357 e. The standard InChI is InChI=1S/C15H29F3N4S.HI/c1-4-19-14(21-12-6-7-13(10-12)23-3)20-8-5-9-22(2)11-15(16,17)18;/h12-13H,4-11H2,1-3H3,(H2,19,20,21);1H. The third-order valence-corrected chi connectivity index (χ3v) is 4.91. The molecule has 9 heteroatoms. The highest BCUT2D eigenvalue weighted by Crippen LogP contribution is 2.28. The highest BCUT2D eigenvalue weighted by Gasteiger charge is 2.28. The molecule has 1 rings (SSSR count). The Morgan fingerprint density at radius 3 is 2.58 bits per heavy atom. The number of guanidine groups is 1. The van der Waals surface area contributed by atoms with E-state index >= 15 is 0 Å². The van der Waals surface area contributed by atoms with Gasteiger partial charge in [0.15, 0.2) is 5.96 Å². The van der Waals surface area contributed by atoms with Crippen LogP contribution in [-0.2, 0) is 0 Å². The Kier molecular flexibility index (Phi) is 12.5. The number of hydrogen-bond donors (Lipinski definition) is 2. The molecule has 0 heterocycles. The van der Waals surface area contributed by atoms with E-state index in [1.807, 2.05) is 18.7 Å². The average Bonchev–Trinajstić information content (AvgIpc) is 2.89. The van der Waals surface area contributed by atoms with E-state index in [1.165, 1.54) is 18.4 Å². The normalized spacial score (nSPS) is 21.7. The molecule has 1 fully saturated rings. The molecule has 1 aliphatic carbocycles. The van der Waals surface area contributed by atoms with Crippen LogP contribution in [0.15, 0.2) is 4.99 Å². The van der Waals surface area contributed by atoms with Crippen molar-refractivity contribution in [3.63, 3.8) is 0 Å². The maximum atomic E-state index is 12.2. The number of halogens is 4. The summed E-state index contributed by atoms with van der Waals surface area (Å²) in [6, 6.07) is 0.443. The van der Waals surface area contributed by atoms with Crippen molar-refractivity contribution in [1.82, 2.24) is 15.5 Å². The number of rotatable bonds is 8. The second-order valence-corrected chi connectivity index (χ2v) is 7.12. The van der Waals surface area contributed by atoms with Crippen LogP contribution in [0.1, 0.15) is 32.6 Å². The van der Waals surface area contributed by atoms with Gasteiger partial charge in [-0.1, -0.05) is 0 Å². The fraction of sp³-hybridized carbons (Fsp3) is 0.933. The lowest BCUT2D eigenvalue weighted by molar-refractivity contribution is -0.143. The van der Waals surface area contributed by atoms with Gasteiger partial charge >= 0.3 is 6.18 Å². The van der Waals surface area contributed by atoms with Gasteiger partial charge in [0.05, 0.1) is 6.54 Å². The number of alkyl halides is 3. The van der Waals surface area contributed by atoms with Crippen LogP contribution < -0.4 is 10.6 Å². The van der Waals surface area contributed by atoms with Gasteiger partial charge in [0, 0.05) is 24.4 Å². The van der Waals surface area contributed by atoms with E-state index in [1.54, 1.807) is 0 Å². The Bertz CT molecular complexity index is 369. The lowest BCUT2D eigenvalue weighted by atomic mass is 10.2. The number of nitrogens with zero attached hydrogens (tertiary/aromatic N) is 2. The van der Waals surface area contributed by atoms with E-state index in [0.29, 0.717) is 30.8 Å². The lowest BCUT2D eigenvalue weighted by Gasteiger charge is -2.19. The van der Waals surface area contributed by atoms with E-state index < -0.39 is 12.7 Å². The van der Waals surface area contributed by atoms with Gasteiger partial charge in [-0.05, 0) is 52.5 Å². The zero-order chi connectivity index (χ0) is 17.3. The van der Waals surface area contributed by atoms with Crippen molar-refractivity contribution < 1.29 is 13.2 Å². The van der Waals surface area contributed by atoms with Gasteiger partial charge < -0.3 is 10.6 Å². The van der Waals surface area contributed by atoms with Gasteiger partial charge in [-0.3, -0.25) is 9.89 Å². The second-order valence-electron chi connectivity index (χ2n) is 5.98. The Hall–Kier alpha value is 0.1000. The lowest BCUT2D eigenvalue weighted by Crippen LogP contribution is -2.42. The molecule has 1 aliphatic rings. The summed E-state index contributed by atoms with van der Waals surface area (Å²) in [6.07, 6.45) is 2.13. The summed E-state index contributed by atoms with van der Waals surface area (Å²) in [5.74, 6) is 0.776. The van der Waals surface area contributed by atoms with Gasteiger partial charge in [0.2, 0.25) is 0 Å². The number of hydrogen-bond acceptors (Lipinski definition) is 3. The van der Waals surface area contributed by atoms with E-state index in [2.05, 4.69) is 21.9 Å². The minimum atomic E-state index is -4.13. The first-order valence-electron chi connectivity index (χ1n) is 8.17. The van der Waals surface area contributed by atoms with E-state index in [9.17, 15) is 13.2 Å². The molecule has 0 aliphatic heterocycles. The van der Waals surface area contributed by atoms with Gasteiger partial charge in [0.25, 0.3) is 0 Å². The molecular weight excluding hydrogens is 452 g/mol. The molecule has 0 aromatic rings. The predicted molar refractivity (Wildman–Crippen MR) is 108 cm³/mol. The largest absolute Gasteiger partial charge is 0.401 e. The minimum absolute atomic E-state index is 0. The Balaban J connectivity index is 0.00000529. The molecule has 4 nitrogen and oxygen atoms in total. The smallest absolute Gasteiger partial charge is 0.357 e. The molecule has 24 heavy (non-hydrogen) atoms. The zero-order valence-corrected chi connectivity index (χ0v) is 17.8. The fourth-order valence-corrected chi connectivity index (χ4v) is 3.51. The van der Waals surface area contributed by atoms with Crippen LogP contribution in [0.4, 0.5) is 13.2 Å². The van der Waals surface area contributed by atoms with Crippen molar-refractivity contribution in [2.45, 2.75) is 50.1 Å². The van der Waals surface area contributed by atoms with Crippen LogP contribution in [-0.4, -0.2) is 67.8 Å². The monoisotopic (exact) mass is 482 g/mol. The van der Waals surface area contributed by atoms with Gasteiger partial charge in [-0.2, -0.15) is 24.9 Å². The van der Waals surface area contributed by atoms with Crippen LogP contribution in [0.25, 0.3) is 0 Å².